The van der Waals surface area contributed by atoms with Crippen molar-refractivity contribution in [3.63, 3.8) is 0 Å². The van der Waals surface area contributed by atoms with Gasteiger partial charge in [-0.15, -0.1) is 5.10 Å². The van der Waals surface area contributed by atoms with Gasteiger partial charge in [-0.3, -0.25) is 4.79 Å². The topological polar surface area (TPSA) is 182 Å². The van der Waals surface area contributed by atoms with Crippen LogP contribution in [-0.4, -0.2) is 35.2 Å². The van der Waals surface area contributed by atoms with E-state index < -0.39 is 27.6 Å². The lowest BCUT2D eigenvalue weighted by molar-refractivity contribution is -0.120. The number of carbonyl (C=O) groups is 1. The Morgan fingerprint density at radius 3 is 2.38 bits per heavy atom. The molecular weight excluding hydrogens is 358 g/mol. The molecular formula is C15H15N7O3S. The Morgan fingerprint density at radius 1 is 1.31 bits per heavy atom. The largest absolute Gasteiger partial charge is 0.368 e. The molecule has 134 valence electrons. The van der Waals surface area contributed by atoms with E-state index >= 15 is 0 Å². The Hall–Kier alpha value is -3.44. The molecule has 0 aliphatic rings. The monoisotopic (exact) mass is 373 g/mol. The maximum atomic E-state index is 12.3. The van der Waals surface area contributed by atoms with Crippen molar-refractivity contribution in [1.29, 1.82) is 10.5 Å². The minimum atomic E-state index is -3.80. The first-order valence-corrected chi connectivity index (χ1v) is 9.11. The molecule has 1 aromatic heterocycles. The Balaban J connectivity index is 2.88. The van der Waals surface area contributed by atoms with Crippen LogP contribution >= 0.6 is 0 Å². The van der Waals surface area contributed by atoms with Gasteiger partial charge in [0.25, 0.3) is 0 Å². The molecule has 0 radical (unpaired) electrons. The third kappa shape index (κ3) is 3.48. The maximum Gasteiger partial charge on any atom is 0.241 e. The van der Waals surface area contributed by atoms with Gasteiger partial charge in [-0.1, -0.05) is 6.07 Å². The highest BCUT2D eigenvalue weighted by Crippen LogP contribution is 2.34. The summed E-state index contributed by atoms with van der Waals surface area (Å²) in [6.07, 6.45) is 0.957. The zero-order chi connectivity index (χ0) is 19.6. The Morgan fingerprint density at radius 2 is 1.96 bits per heavy atom. The minimum absolute atomic E-state index is 0.0878. The molecule has 0 bridgehead atoms. The van der Waals surface area contributed by atoms with Gasteiger partial charge in [-0.2, -0.15) is 15.5 Å². The summed E-state index contributed by atoms with van der Waals surface area (Å²) in [5.74, 6) is -2.19. The highest BCUT2D eigenvalue weighted by Gasteiger charge is 2.35. The van der Waals surface area contributed by atoms with Gasteiger partial charge in [0.2, 0.25) is 11.9 Å². The van der Waals surface area contributed by atoms with Crippen molar-refractivity contribution in [3.05, 3.63) is 29.3 Å². The molecule has 11 heteroatoms. The molecule has 0 aliphatic carbocycles. The Kier molecular flexibility index (Phi) is 4.95. The smallest absolute Gasteiger partial charge is 0.241 e. The normalized spacial score (nSPS) is 13.4. The van der Waals surface area contributed by atoms with Gasteiger partial charge in [0.05, 0.1) is 22.6 Å². The molecule has 1 aromatic carbocycles. The molecule has 2 unspecified atom stereocenters. The van der Waals surface area contributed by atoms with Crippen LogP contribution in [0.1, 0.15) is 24.1 Å². The van der Waals surface area contributed by atoms with Gasteiger partial charge in [0.15, 0.2) is 9.84 Å². The number of Topliss-reactive ketones (excluding diaryl/α,β-unsaturated/α-hetero) is 1. The number of hydrogen-bond donors (Lipinski definition) is 2. The maximum absolute atomic E-state index is 12.3. The number of ketones is 1. The fourth-order valence-electron chi connectivity index (χ4n) is 2.56. The quantitative estimate of drug-likeness (QED) is 0.730. The van der Waals surface area contributed by atoms with Crippen molar-refractivity contribution >= 4 is 27.5 Å². The van der Waals surface area contributed by atoms with Crippen LogP contribution in [0, 0.1) is 28.6 Å². The number of nitrogens with zero attached hydrogens (tertiary/aromatic N) is 5. The number of aromatic nitrogens is 3. The number of carbonyl (C=O) groups excluding carboxylic acids is 1. The average Bonchev–Trinajstić information content (AvgIpc) is 2.88. The van der Waals surface area contributed by atoms with Gasteiger partial charge in [0.1, 0.15) is 17.7 Å². The molecule has 0 amide bonds. The first kappa shape index (κ1) is 18.9. The van der Waals surface area contributed by atoms with Crippen molar-refractivity contribution in [3.8, 4) is 12.1 Å². The van der Waals surface area contributed by atoms with E-state index in [9.17, 15) is 18.5 Å². The lowest BCUT2D eigenvalue weighted by atomic mass is 9.90. The Bertz CT molecular complexity index is 1060. The Labute approximate surface area is 149 Å². The van der Waals surface area contributed by atoms with Crippen LogP contribution in [0.3, 0.4) is 0 Å². The molecule has 10 nitrogen and oxygen atoms in total. The number of nitrogen functional groups attached to an aromatic ring is 2. The molecule has 0 aliphatic heterocycles. The zero-order valence-electron chi connectivity index (χ0n) is 13.9. The van der Waals surface area contributed by atoms with Crippen molar-refractivity contribution in [2.75, 3.05) is 17.7 Å². The average molecular weight is 373 g/mol. The molecule has 0 spiro atoms. The van der Waals surface area contributed by atoms with Gasteiger partial charge in [-0.25, -0.2) is 13.1 Å². The highest BCUT2D eigenvalue weighted by molar-refractivity contribution is 7.90. The summed E-state index contributed by atoms with van der Waals surface area (Å²) in [5.41, 5.74) is 11.5. The second-order valence-corrected chi connectivity index (χ2v) is 7.56. The predicted octanol–water partition coefficient (Wildman–Crippen LogP) is 0.0359. The predicted molar refractivity (Wildman–Crippen MR) is 91.0 cm³/mol. The number of benzene rings is 1. The molecule has 1 heterocycles. The van der Waals surface area contributed by atoms with Crippen LogP contribution in [0.25, 0.3) is 0 Å². The summed E-state index contributed by atoms with van der Waals surface area (Å²) >= 11 is 0. The van der Waals surface area contributed by atoms with Crippen molar-refractivity contribution < 1.29 is 13.2 Å². The molecule has 2 rings (SSSR count). The fraction of sp³-hybridized carbons (Fsp3) is 0.267. The summed E-state index contributed by atoms with van der Waals surface area (Å²) in [5, 5.41) is 22.4. The molecule has 4 N–H and O–H groups in total. The van der Waals surface area contributed by atoms with E-state index in [1.165, 1.54) is 25.1 Å². The number of nitrogens with two attached hydrogens (primary N) is 2. The summed E-state index contributed by atoms with van der Waals surface area (Å²) in [6.45, 7) is 1.20. The second kappa shape index (κ2) is 6.82. The van der Waals surface area contributed by atoms with E-state index in [1.807, 2.05) is 12.1 Å². The van der Waals surface area contributed by atoms with Crippen LogP contribution in [0.4, 0.5) is 11.9 Å². The zero-order valence-corrected chi connectivity index (χ0v) is 14.7. The van der Waals surface area contributed by atoms with Crippen LogP contribution < -0.4 is 11.5 Å². The van der Waals surface area contributed by atoms with Gasteiger partial charge < -0.3 is 11.5 Å². The fourth-order valence-corrected chi connectivity index (χ4v) is 3.52. The van der Waals surface area contributed by atoms with E-state index in [2.05, 4.69) is 10.1 Å². The number of hydrogen-bond acceptors (Lipinski definition) is 9. The third-order valence-corrected chi connectivity index (χ3v) is 4.84. The molecule has 0 saturated heterocycles. The number of anilines is 2. The molecule has 26 heavy (non-hydrogen) atoms. The van der Waals surface area contributed by atoms with E-state index in [1.54, 1.807) is 0 Å². The summed E-state index contributed by atoms with van der Waals surface area (Å²) in [4.78, 5) is 15.5. The van der Waals surface area contributed by atoms with Gasteiger partial charge in [-0.05, 0) is 24.6 Å². The summed E-state index contributed by atoms with van der Waals surface area (Å²) < 4.78 is 25.5. The number of nitriles is 2. The summed E-state index contributed by atoms with van der Waals surface area (Å²) in [7, 11) is -3.80. The first-order valence-electron chi connectivity index (χ1n) is 7.21. The molecule has 2 aromatic rings. The van der Waals surface area contributed by atoms with Gasteiger partial charge in [0, 0.05) is 6.26 Å². The third-order valence-electron chi connectivity index (χ3n) is 3.69. The molecule has 2 atom stereocenters. The molecule has 0 saturated carbocycles. The lowest BCUT2D eigenvalue weighted by Gasteiger charge is -2.23. The van der Waals surface area contributed by atoms with E-state index in [0.717, 1.165) is 10.9 Å². The highest BCUT2D eigenvalue weighted by atomic mass is 32.2. The van der Waals surface area contributed by atoms with Crippen LogP contribution in [-0.2, 0) is 14.6 Å². The summed E-state index contributed by atoms with van der Waals surface area (Å²) in [6, 6.07) is 6.42. The van der Waals surface area contributed by atoms with Crippen LogP contribution in [0.5, 0.6) is 0 Å². The van der Waals surface area contributed by atoms with Crippen molar-refractivity contribution in [1.82, 2.24) is 14.8 Å². The van der Waals surface area contributed by atoms with Crippen LogP contribution in [0.2, 0.25) is 0 Å². The van der Waals surface area contributed by atoms with E-state index in [4.69, 9.17) is 16.7 Å². The van der Waals surface area contributed by atoms with Crippen molar-refractivity contribution in [2.45, 2.75) is 17.9 Å². The van der Waals surface area contributed by atoms with E-state index in [-0.39, 0.29) is 27.9 Å². The van der Waals surface area contributed by atoms with E-state index in [0.29, 0.717) is 0 Å². The van der Waals surface area contributed by atoms with Gasteiger partial charge >= 0.3 is 0 Å². The standard InChI is InChI=1S/C15H15N7O3S/c1-8(23)11(7-17)13(22-15(19)20-14(18)21-22)10-4-3-9(6-16)5-12(10)26(2,24)25/h3-5,11,13H,1-2H3,(H4,18,19,20,21). The number of rotatable bonds is 5. The second-order valence-electron chi connectivity index (χ2n) is 5.57. The number of sulfone groups is 1. The molecule has 0 fully saturated rings. The lowest BCUT2D eigenvalue weighted by Crippen LogP contribution is -2.28. The minimum Gasteiger partial charge on any atom is -0.368 e. The first-order chi connectivity index (χ1) is 12.1. The SMILES string of the molecule is CC(=O)C(C#N)C(c1ccc(C#N)cc1S(C)(=O)=O)n1nc(N)nc1N. The van der Waals surface area contributed by atoms with Crippen LogP contribution in [0.15, 0.2) is 23.1 Å². The van der Waals surface area contributed by atoms with Crippen molar-refractivity contribution in [2.24, 2.45) is 5.92 Å².